The number of nitrogens with zero attached hydrogens (tertiary/aromatic N) is 3. The number of nitriles is 2. The fourth-order valence-electron chi connectivity index (χ4n) is 0.734. The van der Waals surface area contributed by atoms with Crippen LogP contribution >= 0.6 is 0 Å². The molecule has 0 radical (unpaired) electrons. The lowest BCUT2D eigenvalue weighted by molar-refractivity contribution is -0.384. The molecule has 0 bridgehead atoms. The van der Waals surface area contributed by atoms with E-state index < -0.39 is 10.7 Å². The normalized spacial score (nSPS) is 7.71. The standard InChI is InChI=1S/C6H7N3O2.C3N2O/c7-8-5-2-1-3-6(4-5)9(10)11;4-1-3(6)2-5/h1-4,8H,7H2;. The summed E-state index contributed by atoms with van der Waals surface area (Å²) in [5.74, 6) is 4.00. The number of benzene rings is 1. The Morgan fingerprint density at radius 3 is 2.35 bits per heavy atom. The van der Waals surface area contributed by atoms with Gasteiger partial charge in [-0.2, -0.15) is 10.5 Å². The van der Waals surface area contributed by atoms with Gasteiger partial charge in [0.05, 0.1) is 10.6 Å². The Bertz CT molecular complexity index is 484. The number of nitrogens with one attached hydrogen (secondary N) is 1. The van der Waals surface area contributed by atoms with Gasteiger partial charge in [0.2, 0.25) is 0 Å². The number of Topliss-reactive ketones (excluding diaryl/α,β-unsaturated/α-hetero) is 1. The Morgan fingerprint density at radius 1 is 1.41 bits per heavy atom. The van der Waals surface area contributed by atoms with Gasteiger partial charge in [0.1, 0.15) is 0 Å². The fraction of sp³-hybridized carbons (Fsp3) is 0. The highest BCUT2D eigenvalue weighted by Gasteiger charge is 2.03. The number of carbonyl (C=O) groups excluding carboxylic acids is 1. The molecule has 0 spiro atoms. The number of anilines is 1. The first-order valence-electron chi connectivity index (χ1n) is 4.10. The van der Waals surface area contributed by atoms with Crippen LogP contribution in [0.25, 0.3) is 0 Å². The Labute approximate surface area is 96.0 Å². The molecule has 0 heterocycles. The van der Waals surface area contributed by atoms with Crippen molar-refractivity contribution in [2.24, 2.45) is 5.84 Å². The molecule has 0 aromatic heterocycles. The molecule has 3 N–H and O–H groups in total. The van der Waals surface area contributed by atoms with E-state index >= 15 is 0 Å². The van der Waals surface area contributed by atoms with E-state index in [1.165, 1.54) is 12.1 Å². The van der Waals surface area contributed by atoms with Gasteiger partial charge in [-0.3, -0.25) is 20.8 Å². The number of ketones is 1. The van der Waals surface area contributed by atoms with Crippen LogP contribution in [0, 0.1) is 32.8 Å². The van der Waals surface area contributed by atoms with E-state index in [0.29, 0.717) is 5.69 Å². The summed E-state index contributed by atoms with van der Waals surface area (Å²) >= 11 is 0. The minimum Gasteiger partial charge on any atom is -0.324 e. The zero-order chi connectivity index (χ0) is 13.3. The molecule has 0 atom stereocenters. The second-order valence-corrected chi connectivity index (χ2v) is 2.50. The van der Waals surface area contributed by atoms with Crippen molar-refractivity contribution in [2.45, 2.75) is 0 Å². The van der Waals surface area contributed by atoms with Crippen molar-refractivity contribution in [1.29, 1.82) is 10.5 Å². The molecule has 0 saturated carbocycles. The van der Waals surface area contributed by atoms with Gasteiger partial charge in [0, 0.05) is 12.1 Å². The first kappa shape index (κ1) is 14.0. The van der Waals surface area contributed by atoms with Crippen molar-refractivity contribution in [2.75, 3.05) is 5.43 Å². The van der Waals surface area contributed by atoms with E-state index in [0.717, 1.165) is 12.1 Å². The second kappa shape index (κ2) is 7.34. The summed E-state index contributed by atoms with van der Waals surface area (Å²) in [6, 6.07) is 8.20. The number of nitro groups is 1. The van der Waals surface area contributed by atoms with Gasteiger partial charge in [-0.1, -0.05) is 6.07 Å². The van der Waals surface area contributed by atoms with E-state index in [2.05, 4.69) is 5.43 Å². The van der Waals surface area contributed by atoms with Crippen molar-refractivity contribution in [3.8, 4) is 12.1 Å². The lowest BCUT2D eigenvalue weighted by Crippen LogP contribution is -2.06. The lowest BCUT2D eigenvalue weighted by atomic mass is 10.3. The van der Waals surface area contributed by atoms with Crippen LogP contribution in [0.3, 0.4) is 0 Å². The van der Waals surface area contributed by atoms with Crippen molar-refractivity contribution in [1.82, 2.24) is 0 Å². The molecule has 0 saturated heterocycles. The van der Waals surface area contributed by atoms with E-state index in [4.69, 9.17) is 16.4 Å². The topological polar surface area (TPSA) is 146 Å². The fourth-order valence-corrected chi connectivity index (χ4v) is 0.734. The highest BCUT2D eigenvalue weighted by molar-refractivity contribution is 6.05. The highest BCUT2D eigenvalue weighted by Crippen LogP contribution is 2.15. The summed E-state index contributed by atoms with van der Waals surface area (Å²) < 4.78 is 0. The van der Waals surface area contributed by atoms with Crippen LogP contribution in [-0.2, 0) is 4.79 Å². The molecule has 8 heteroatoms. The number of nitrogen functional groups attached to an aromatic ring is 1. The second-order valence-electron chi connectivity index (χ2n) is 2.50. The van der Waals surface area contributed by atoms with Crippen LogP contribution in [0.4, 0.5) is 11.4 Å². The average Bonchev–Trinajstić information content (AvgIpc) is 2.38. The van der Waals surface area contributed by atoms with Crippen molar-refractivity contribution in [3.63, 3.8) is 0 Å². The molecule has 0 aliphatic heterocycles. The summed E-state index contributed by atoms with van der Waals surface area (Å²) in [7, 11) is 0. The maximum absolute atomic E-state index is 10.2. The predicted octanol–water partition coefficient (Wildman–Crippen LogP) is 0.483. The molecule has 0 unspecified atom stereocenters. The van der Waals surface area contributed by atoms with Gasteiger partial charge < -0.3 is 5.43 Å². The number of hydrazine groups is 1. The number of hydrogen-bond acceptors (Lipinski definition) is 7. The molecule has 0 amide bonds. The van der Waals surface area contributed by atoms with Crippen LogP contribution in [0.5, 0.6) is 0 Å². The number of nitro benzene ring substituents is 1. The zero-order valence-corrected chi connectivity index (χ0v) is 8.45. The van der Waals surface area contributed by atoms with Crippen LogP contribution in [0.15, 0.2) is 24.3 Å². The summed E-state index contributed by atoms with van der Waals surface area (Å²) in [6.45, 7) is 0. The van der Waals surface area contributed by atoms with Crippen LogP contribution in [0.1, 0.15) is 0 Å². The summed E-state index contributed by atoms with van der Waals surface area (Å²) in [6.07, 6.45) is 0. The molecule has 1 aromatic rings. The quantitative estimate of drug-likeness (QED) is 0.327. The van der Waals surface area contributed by atoms with Crippen LogP contribution in [0.2, 0.25) is 0 Å². The minimum atomic E-state index is -1.05. The van der Waals surface area contributed by atoms with Gasteiger partial charge >= 0.3 is 5.78 Å². The molecule has 86 valence electrons. The van der Waals surface area contributed by atoms with Crippen molar-refractivity contribution in [3.05, 3.63) is 34.4 Å². The van der Waals surface area contributed by atoms with Gasteiger partial charge in [0.25, 0.3) is 5.69 Å². The van der Waals surface area contributed by atoms with E-state index in [-0.39, 0.29) is 5.69 Å². The van der Waals surface area contributed by atoms with E-state index in [1.54, 1.807) is 12.1 Å². The number of non-ortho nitro benzene ring substituents is 1. The predicted molar refractivity (Wildman–Crippen MR) is 57.1 cm³/mol. The molecule has 0 fully saturated rings. The third-order valence-electron chi connectivity index (χ3n) is 1.43. The molecular weight excluding hydrogens is 226 g/mol. The third-order valence-corrected chi connectivity index (χ3v) is 1.43. The van der Waals surface area contributed by atoms with Crippen molar-refractivity contribution < 1.29 is 9.72 Å². The smallest absolute Gasteiger partial charge is 0.324 e. The minimum absolute atomic E-state index is 0.0282. The summed E-state index contributed by atoms with van der Waals surface area (Å²) in [5, 5.41) is 25.2. The van der Waals surface area contributed by atoms with E-state index in [9.17, 15) is 14.9 Å². The number of hydrogen-bond donors (Lipinski definition) is 2. The Balaban J connectivity index is 0.000000366. The number of nitrogens with two attached hydrogens (primary N) is 1. The van der Waals surface area contributed by atoms with Crippen LogP contribution in [-0.4, -0.2) is 10.7 Å². The number of rotatable bonds is 2. The summed E-state index contributed by atoms with van der Waals surface area (Å²) in [5.41, 5.74) is 2.87. The lowest BCUT2D eigenvalue weighted by Gasteiger charge is -1.96. The molecule has 0 aliphatic carbocycles. The Kier molecular flexibility index (Phi) is 6.06. The van der Waals surface area contributed by atoms with Crippen molar-refractivity contribution >= 4 is 17.2 Å². The van der Waals surface area contributed by atoms with Gasteiger partial charge in [-0.05, 0) is 6.07 Å². The maximum atomic E-state index is 10.2. The zero-order valence-electron chi connectivity index (χ0n) is 8.45. The maximum Gasteiger partial charge on any atom is 0.331 e. The summed E-state index contributed by atoms with van der Waals surface area (Å²) in [4.78, 5) is 19.2. The Morgan fingerprint density at radius 2 is 2.00 bits per heavy atom. The molecule has 1 aromatic carbocycles. The first-order chi connectivity index (χ1) is 8.04. The van der Waals surface area contributed by atoms with Crippen LogP contribution < -0.4 is 11.3 Å². The SMILES string of the molecule is N#CC(=O)C#N.NNc1cccc([N+](=O)[O-])c1. The molecule has 1 rings (SSSR count). The largest absolute Gasteiger partial charge is 0.331 e. The van der Waals surface area contributed by atoms with Gasteiger partial charge in [0.15, 0.2) is 12.1 Å². The Hall–Kier alpha value is -2.97. The highest BCUT2D eigenvalue weighted by atomic mass is 16.6. The molecule has 0 aliphatic rings. The molecule has 8 nitrogen and oxygen atoms in total. The van der Waals surface area contributed by atoms with Gasteiger partial charge in [-0.25, -0.2) is 0 Å². The van der Waals surface area contributed by atoms with E-state index in [1.807, 2.05) is 0 Å². The first-order valence-corrected chi connectivity index (χ1v) is 4.10. The van der Waals surface area contributed by atoms with Gasteiger partial charge in [-0.15, -0.1) is 0 Å². The number of carbonyl (C=O) groups is 1. The molecule has 17 heavy (non-hydrogen) atoms. The molecular formula is C9H7N5O3. The monoisotopic (exact) mass is 233 g/mol. The third kappa shape index (κ3) is 5.47. The average molecular weight is 233 g/mol.